The zero-order valence-electron chi connectivity index (χ0n) is 20.9. The van der Waals surface area contributed by atoms with Gasteiger partial charge in [-0.3, -0.25) is 9.69 Å². The summed E-state index contributed by atoms with van der Waals surface area (Å²) in [6.45, 7) is 5.75. The zero-order chi connectivity index (χ0) is 26.8. The molecule has 1 aromatic rings. The highest BCUT2D eigenvalue weighted by molar-refractivity contribution is 6.33. The van der Waals surface area contributed by atoms with Crippen molar-refractivity contribution < 1.29 is 32.6 Å². The van der Waals surface area contributed by atoms with Gasteiger partial charge in [-0.05, 0) is 69.8 Å². The first kappa shape index (κ1) is 26.3. The van der Waals surface area contributed by atoms with Crippen molar-refractivity contribution in [3.63, 3.8) is 0 Å². The largest absolute Gasteiger partial charge is 0.506 e. The molecular weight excluding hydrogens is 513 g/mol. The van der Waals surface area contributed by atoms with Crippen LogP contribution in [0.2, 0.25) is 5.02 Å². The van der Waals surface area contributed by atoms with Crippen LogP contribution in [0.25, 0.3) is 0 Å². The van der Waals surface area contributed by atoms with E-state index < -0.39 is 29.0 Å². The van der Waals surface area contributed by atoms with E-state index in [1.807, 2.05) is 18.7 Å². The summed E-state index contributed by atoms with van der Waals surface area (Å²) in [7, 11) is 0. The summed E-state index contributed by atoms with van der Waals surface area (Å²) < 4.78 is 44.2. The van der Waals surface area contributed by atoms with Crippen molar-refractivity contribution in [1.29, 1.82) is 0 Å². The van der Waals surface area contributed by atoms with Gasteiger partial charge in [-0.15, -0.1) is 0 Å². The first-order chi connectivity index (χ1) is 17.3. The minimum absolute atomic E-state index is 0.00490. The smallest absolute Gasteiger partial charge is 0.450 e. The van der Waals surface area contributed by atoms with Crippen molar-refractivity contribution in [2.75, 3.05) is 31.1 Å². The predicted octanol–water partition coefficient (Wildman–Crippen LogP) is 4.41. The molecule has 0 spiro atoms. The summed E-state index contributed by atoms with van der Waals surface area (Å²) in [6.07, 6.45) is -0.906. The second-order valence-corrected chi connectivity index (χ2v) is 12.0. The maximum atomic E-state index is 13.5. The van der Waals surface area contributed by atoms with Gasteiger partial charge in [0.05, 0.1) is 16.1 Å². The van der Waals surface area contributed by atoms with Gasteiger partial charge in [0.1, 0.15) is 11.4 Å². The van der Waals surface area contributed by atoms with Crippen LogP contribution < -0.4 is 10.2 Å². The molecule has 37 heavy (non-hydrogen) atoms. The van der Waals surface area contributed by atoms with Crippen molar-refractivity contribution in [3.05, 3.63) is 22.8 Å². The van der Waals surface area contributed by atoms with E-state index in [9.17, 15) is 27.9 Å². The van der Waals surface area contributed by atoms with Crippen LogP contribution in [0.1, 0.15) is 51.5 Å². The van der Waals surface area contributed by atoms with Gasteiger partial charge >= 0.3 is 12.3 Å². The van der Waals surface area contributed by atoms with Crippen molar-refractivity contribution >= 4 is 29.5 Å². The molecule has 4 bridgehead atoms. The van der Waals surface area contributed by atoms with Crippen LogP contribution in [0.15, 0.2) is 12.3 Å². The Morgan fingerprint density at radius 1 is 1.14 bits per heavy atom. The minimum Gasteiger partial charge on any atom is -0.450 e. The molecule has 2 N–H and O–H groups in total. The van der Waals surface area contributed by atoms with E-state index in [0.29, 0.717) is 50.8 Å². The van der Waals surface area contributed by atoms with Crippen molar-refractivity contribution in [3.8, 4) is 0 Å². The molecule has 1 aromatic heterocycles. The number of rotatable bonds is 5. The molecule has 0 radical (unpaired) electrons. The average molecular weight is 545 g/mol. The standard InChI is InChI=1S/C25H32ClF3N4O4/c1-23(2,33-5-3-32(4-6-33)20-18(26)9-17(13-30-20)25(27,28)29)21(34)31-19-15-7-14-8-16(19)12-24(10-14,11-15)37-22(35)36/h9,13-16,19H,3-8,10-12H2,1-2H3,(H,31,34)(H,35,36). The van der Waals surface area contributed by atoms with Crippen LogP contribution in [-0.2, 0) is 15.7 Å². The Labute approximate surface area is 218 Å². The van der Waals surface area contributed by atoms with E-state index in [-0.39, 0.29) is 28.8 Å². The summed E-state index contributed by atoms with van der Waals surface area (Å²) >= 11 is 6.13. The predicted molar refractivity (Wildman–Crippen MR) is 129 cm³/mol. The molecule has 2 unspecified atom stereocenters. The Bertz CT molecular complexity index is 1060. The molecule has 2 atom stereocenters. The van der Waals surface area contributed by atoms with E-state index in [0.717, 1.165) is 31.5 Å². The Hall–Kier alpha value is -2.27. The molecule has 4 saturated carbocycles. The number of nitrogens with one attached hydrogen (secondary N) is 1. The van der Waals surface area contributed by atoms with E-state index in [1.165, 1.54) is 0 Å². The molecule has 8 nitrogen and oxygen atoms in total. The van der Waals surface area contributed by atoms with E-state index in [4.69, 9.17) is 16.3 Å². The Morgan fingerprint density at radius 3 is 2.30 bits per heavy atom. The topological polar surface area (TPSA) is 95.0 Å². The number of alkyl halides is 3. The van der Waals surface area contributed by atoms with Crippen LogP contribution in [0.5, 0.6) is 0 Å². The van der Waals surface area contributed by atoms with Crippen LogP contribution in [0.4, 0.5) is 23.8 Å². The van der Waals surface area contributed by atoms with Gasteiger partial charge in [0.25, 0.3) is 0 Å². The third-order valence-corrected chi connectivity index (χ3v) is 9.17. The van der Waals surface area contributed by atoms with Gasteiger partial charge in [-0.25, -0.2) is 9.78 Å². The van der Waals surface area contributed by atoms with Crippen LogP contribution >= 0.6 is 11.6 Å². The van der Waals surface area contributed by atoms with Crippen LogP contribution in [0.3, 0.4) is 0 Å². The number of piperazine rings is 1. The molecule has 1 amide bonds. The van der Waals surface area contributed by atoms with Gasteiger partial charge < -0.3 is 20.1 Å². The molecule has 204 valence electrons. The lowest BCUT2D eigenvalue weighted by atomic mass is 9.52. The first-order valence-electron chi connectivity index (χ1n) is 12.7. The van der Waals surface area contributed by atoms with Crippen molar-refractivity contribution in [1.82, 2.24) is 15.2 Å². The number of nitrogens with zero attached hydrogens (tertiary/aromatic N) is 3. The Morgan fingerprint density at radius 2 is 1.76 bits per heavy atom. The number of aromatic nitrogens is 1. The number of hydrogen-bond acceptors (Lipinski definition) is 6. The maximum absolute atomic E-state index is 13.5. The van der Waals surface area contributed by atoms with Crippen LogP contribution in [0, 0.1) is 17.8 Å². The summed E-state index contributed by atoms with van der Waals surface area (Å²) in [5, 5.41) is 12.5. The number of halogens is 4. The number of anilines is 1. The number of pyridine rings is 1. The van der Waals surface area contributed by atoms with Crippen molar-refractivity contribution in [2.45, 2.75) is 69.3 Å². The summed E-state index contributed by atoms with van der Waals surface area (Å²) in [6, 6.07) is 0.898. The van der Waals surface area contributed by atoms with Gasteiger partial charge in [0.15, 0.2) is 0 Å². The number of ether oxygens (including phenoxy) is 1. The van der Waals surface area contributed by atoms with Gasteiger partial charge in [-0.2, -0.15) is 13.2 Å². The summed E-state index contributed by atoms with van der Waals surface area (Å²) in [4.78, 5) is 32.7. The molecule has 6 rings (SSSR count). The third kappa shape index (κ3) is 4.96. The van der Waals surface area contributed by atoms with E-state index in [1.54, 1.807) is 0 Å². The molecular formula is C25H32ClF3N4O4. The molecule has 12 heteroatoms. The second kappa shape index (κ2) is 9.18. The number of amides is 1. The quantitative estimate of drug-likeness (QED) is 0.530. The van der Waals surface area contributed by atoms with Crippen LogP contribution in [-0.4, -0.2) is 70.4 Å². The first-order valence-corrected chi connectivity index (χ1v) is 13.1. The molecule has 5 aliphatic rings. The van der Waals surface area contributed by atoms with Crippen molar-refractivity contribution in [2.24, 2.45) is 17.8 Å². The Balaban J connectivity index is 1.20. The lowest BCUT2D eigenvalue weighted by Gasteiger charge is -2.59. The number of hydrogen-bond donors (Lipinski definition) is 2. The lowest BCUT2D eigenvalue weighted by molar-refractivity contribution is -0.157. The lowest BCUT2D eigenvalue weighted by Crippen LogP contribution is -2.66. The molecule has 1 aliphatic heterocycles. The summed E-state index contributed by atoms with van der Waals surface area (Å²) in [5.41, 5.74) is -2.29. The molecule has 0 aromatic carbocycles. The van der Waals surface area contributed by atoms with E-state index in [2.05, 4.69) is 15.2 Å². The average Bonchev–Trinajstić information content (AvgIpc) is 2.79. The number of carboxylic acid groups (broad SMARTS) is 1. The highest BCUT2D eigenvalue weighted by atomic mass is 35.5. The minimum atomic E-state index is -4.51. The zero-order valence-corrected chi connectivity index (χ0v) is 21.6. The molecule has 4 aliphatic carbocycles. The molecule has 5 fully saturated rings. The number of carbonyl (C=O) groups is 2. The number of carbonyl (C=O) groups excluding carboxylic acids is 1. The monoisotopic (exact) mass is 544 g/mol. The van der Waals surface area contributed by atoms with Gasteiger partial charge in [0.2, 0.25) is 5.91 Å². The molecule has 1 saturated heterocycles. The normalized spacial score (nSPS) is 31.9. The fourth-order valence-corrected chi connectivity index (χ4v) is 7.55. The van der Waals surface area contributed by atoms with Gasteiger partial charge in [-0.1, -0.05) is 11.6 Å². The van der Waals surface area contributed by atoms with Gasteiger partial charge in [0, 0.05) is 38.4 Å². The van der Waals surface area contributed by atoms with E-state index >= 15 is 0 Å². The summed E-state index contributed by atoms with van der Waals surface area (Å²) in [5.74, 6) is 1.09. The fraction of sp³-hybridized carbons (Fsp3) is 0.720. The highest BCUT2D eigenvalue weighted by Gasteiger charge is 2.58. The third-order valence-electron chi connectivity index (χ3n) is 8.89. The molecule has 2 heterocycles. The SMILES string of the molecule is CC(C)(C(=O)NC1C2CC3CC1CC(OC(=O)O)(C3)C2)N1CCN(c2ncc(C(F)(F)F)cc2Cl)CC1. The second-order valence-electron chi connectivity index (χ2n) is 11.6. The Kier molecular flexibility index (Phi) is 6.54. The maximum Gasteiger partial charge on any atom is 0.506 e. The highest BCUT2D eigenvalue weighted by Crippen LogP contribution is 2.57. The fourth-order valence-electron chi connectivity index (χ4n) is 7.26.